The lowest BCUT2D eigenvalue weighted by atomic mass is 10.3. The number of anilines is 4. The SMILES string of the molecule is CN(CCNC(=O)Nc1ccc(Cl)cc1)CCNc1cc(N2CCCC2)nc(N2CCCC2)n1. The smallest absolute Gasteiger partial charge is 0.319 e. The fraction of sp³-hybridized carbons (Fsp3) is 0.542. The summed E-state index contributed by atoms with van der Waals surface area (Å²) in [5.41, 5.74) is 0.714. The largest absolute Gasteiger partial charge is 0.369 e. The highest BCUT2D eigenvalue weighted by Gasteiger charge is 2.20. The van der Waals surface area contributed by atoms with Gasteiger partial charge in [0, 0.05) is 69.1 Å². The molecule has 10 heteroatoms. The highest BCUT2D eigenvalue weighted by Crippen LogP contribution is 2.25. The lowest BCUT2D eigenvalue weighted by Crippen LogP contribution is -2.37. The van der Waals surface area contributed by atoms with Gasteiger partial charge in [-0.25, -0.2) is 4.79 Å². The van der Waals surface area contributed by atoms with E-state index in [2.05, 4.69) is 36.7 Å². The first-order chi connectivity index (χ1) is 16.6. The molecule has 0 saturated carbocycles. The third-order valence-electron chi connectivity index (χ3n) is 6.20. The van der Waals surface area contributed by atoms with Crippen LogP contribution in [0.1, 0.15) is 25.7 Å². The lowest BCUT2D eigenvalue weighted by molar-refractivity contribution is 0.249. The zero-order valence-electron chi connectivity index (χ0n) is 19.9. The number of rotatable bonds is 10. The number of amides is 2. The van der Waals surface area contributed by atoms with E-state index in [0.29, 0.717) is 17.3 Å². The number of carbonyl (C=O) groups is 1. The van der Waals surface area contributed by atoms with Crippen molar-refractivity contribution in [2.75, 3.05) is 79.8 Å². The van der Waals surface area contributed by atoms with Crippen LogP contribution in [0.4, 0.5) is 28.1 Å². The second-order valence-electron chi connectivity index (χ2n) is 8.92. The molecule has 3 heterocycles. The van der Waals surface area contributed by atoms with Crippen molar-refractivity contribution in [2.24, 2.45) is 0 Å². The van der Waals surface area contributed by atoms with Crippen LogP contribution in [0.15, 0.2) is 30.3 Å². The number of aromatic nitrogens is 2. The minimum atomic E-state index is -0.223. The molecular formula is C24H35ClN8O. The molecule has 1 aromatic heterocycles. The Morgan fingerprint density at radius 2 is 1.62 bits per heavy atom. The third-order valence-corrected chi connectivity index (χ3v) is 6.45. The van der Waals surface area contributed by atoms with Gasteiger partial charge in [0.05, 0.1) is 0 Å². The van der Waals surface area contributed by atoms with Gasteiger partial charge in [-0.3, -0.25) is 0 Å². The van der Waals surface area contributed by atoms with Crippen LogP contribution in [0.25, 0.3) is 0 Å². The monoisotopic (exact) mass is 486 g/mol. The molecular weight excluding hydrogens is 452 g/mol. The van der Waals surface area contributed by atoms with Crippen LogP contribution in [-0.2, 0) is 0 Å². The van der Waals surface area contributed by atoms with Crippen molar-refractivity contribution in [2.45, 2.75) is 25.7 Å². The minimum Gasteiger partial charge on any atom is -0.369 e. The molecule has 3 N–H and O–H groups in total. The van der Waals surface area contributed by atoms with E-state index in [1.807, 2.05) is 7.05 Å². The summed E-state index contributed by atoms with van der Waals surface area (Å²) in [6, 6.07) is 8.90. The minimum absolute atomic E-state index is 0.223. The Hall–Kier alpha value is -2.78. The van der Waals surface area contributed by atoms with E-state index >= 15 is 0 Å². The van der Waals surface area contributed by atoms with Gasteiger partial charge in [0.1, 0.15) is 11.6 Å². The molecule has 9 nitrogen and oxygen atoms in total. The zero-order valence-corrected chi connectivity index (χ0v) is 20.7. The molecule has 2 saturated heterocycles. The van der Waals surface area contributed by atoms with Crippen LogP contribution < -0.4 is 25.8 Å². The van der Waals surface area contributed by atoms with Crippen LogP contribution in [0.5, 0.6) is 0 Å². The summed E-state index contributed by atoms with van der Waals surface area (Å²) < 4.78 is 0. The molecule has 0 atom stereocenters. The van der Waals surface area contributed by atoms with Gasteiger partial charge in [0.2, 0.25) is 5.95 Å². The summed E-state index contributed by atoms with van der Waals surface area (Å²) in [6.45, 7) is 7.11. The molecule has 2 aromatic rings. The Kier molecular flexibility index (Phi) is 8.65. The van der Waals surface area contributed by atoms with E-state index in [9.17, 15) is 4.79 Å². The van der Waals surface area contributed by atoms with Gasteiger partial charge in [-0.1, -0.05) is 11.6 Å². The quantitative estimate of drug-likeness (QED) is 0.473. The van der Waals surface area contributed by atoms with E-state index in [1.165, 1.54) is 25.7 Å². The first-order valence-corrected chi connectivity index (χ1v) is 12.6. The number of carbonyl (C=O) groups excluding carboxylic acids is 1. The number of urea groups is 1. The van der Waals surface area contributed by atoms with Crippen molar-refractivity contribution in [3.63, 3.8) is 0 Å². The predicted molar refractivity (Wildman–Crippen MR) is 139 cm³/mol. The van der Waals surface area contributed by atoms with Gasteiger partial charge in [0.15, 0.2) is 0 Å². The molecule has 4 rings (SSSR count). The number of likely N-dealkylation sites (N-methyl/N-ethyl adjacent to an activating group) is 1. The Morgan fingerprint density at radius 1 is 0.971 bits per heavy atom. The molecule has 0 radical (unpaired) electrons. The second kappa shape index (κ2) is 12.1. The molecule has 184 valence electrons. The Balaban J connectivity index is 1.21. The first kappa shape index (κ1) is 24.3. The molecule has 34 heavy (non-hydrogen) atoms. The fourth-order valence-corrected chi connectivity index (χ4v) is 4.36. The molecule has 1 aromatic carbocycles. The maximum atomic E-state index is 12.1. The van der Waals surface area contributed by atoms with Crippen LogP contribution in [0, 0.1) is 0 Å². The van der Waals surface area contributed by atoms with Crippen LogP contribution in [0.2, 0.25) is 5.02 Å². The third kappa shape index (κ3) is 7.11. The summed E-state index contributed by atoms with van der Waals surface area (Å²) in [4.78, 5) is 28.6. The van der Waals surface area contributed by atoms with E-state index in [4.69, 9.17) is 21.6 Å². The topological polar surface area (TPSA) is 88.7 Å². The number of benzene rings is 1. The Labute approximate surface area is 206 Å². The molecule has 0 unspecified atom stereocenters. The number of hydrogen-bond donors (Lipinski definition) is 3. The molecule has 2 aliphatic rings. The number of hydrogen-bond acceptors (Lipinski definition) is 7. The molecule has 2 amide bonds. The van der Waals surface area contributed by atoms with Crippen LogP contribution in [0.3, 0.4) is 0 Å². The highest BCUT2D eigenvalue weighted by molar-refractivity contribution is 6.30. The summed E-state index contributed by atoms with van der Waals surface area (Å²) in [5, 5.41) is 9.81. The standard InChI is InChI=1S/C24H35ClN8O/c1-31(17-11-27-24(34)28-20-8-6-19(25)7-9-20)16-10-26-21-18-22(32-12-2-3-13-32)30-23(29-21)33-14-4-5-15-33/h6-9,18H,2-5,10-17H2,1H3,(H,26,29,30)(H2,27,28,34). The predicted octanol–water partition coefficient (Wildman–Crippen LogP) is 3.50. The zero-order chi connectivity index (χ0) is 23.8. The van der Waals surface area contributed by atoms with Gasteiger partial charge >= 0.3 is 6.03 Å². The summed E-state index contributed by atoms with van der Waals surface area (Å²) in [5.74, 6) is 2.75. The van der Waals surface area contributed by atoms with Crippen molar-refractivity contribution in [1.29, 1.82) is 0 Å². The van der Waals surface area contributed by atoms with Crippen molar-refractivity contribution in [3.8, 4) is 0 Å². The molecule has 0 spiro atoms. The highest BCUT2D eigenvalue weighted by atomic mass is 35.5. The maximum Gasteiger partial charge on any atom is 0.319 e. The molecule has 0 bridgehead atoms. The summed E-state index contributed by atoms with van der Waals surface area (Å²) in [6.07, 6.45) is 4.86. The van der Waals surface area contributed by atoms with Gasteiger partial charge in [0.25, 0.3) is 0 Å². The van der Waals surface area contributed by atoms with E-state index < -0.39 is 0 Å². The Morgan fingerprint density at radius 3 is 2.32 bits per heavy atom. The average Bonchev–Trinajstić information content (AvgIpc) is 3.55. The average molecular weight is 487 g/mol. The fourth-order valence-electron chi connectivity index (χ4n) is 4.23. The van der Waals surface area contributed by atoms with E-state index in [0.717, 1.165) is 63.4 Å². The second-order valence-corrected chi connectivity index (χ2v) is 9.35. The lowest BCUT2D eigenvalue weighted by Gasteiger charge is -2.22. The summed E-state index contributed by atoms with van der Waals surface area (Å²) in [7, 11) is 2.05. The number of nitrogens with one attached hydrogen (secondary N) is 3. The Bertz CT molecular complexity index is 895. The molecule has 2 fully saturated rings. The summed E-state index contributed by atoms with van der Waals surface area (Å²) >= 11 is 5.87. The van der Waals surface area contributed by atoms with Gasteiger partial charge in [-0.2, -0.15) is 9.97 Å². The van der Waals surface area contributed by atoms with Gasteiger partial charge < -0.3 is 30.7 Å². The number of halogens is 1. The van der Waals surface area contributed by atoms with Crippen molar-refractivity contribution >= 4 is 40.9 Å². The normalized spacial score (nSPS) is 15.7. The van der Waals surface area contributed by atoms with Crippen molar-refractivity contribution in [3.05, 3.63) is 35.4 Å². The molecule has 0 aliphatic carbocycles. The van der Waals surface area contributed by atoms with Gasteiger partial charge in [-0.05, 0) is 57.0 Å². The van der Waals surface area contributed by atoms with Crippen molar-refractivity contribution in [1.82, 2.24) is 20.2 Å². The van der Waals surface area contributed by atoms with Crippen LogP contribution in [-0.4, -0.2) is 80.3 Å². The number of nitrogens with zero attached hydrogens (tertiary/aromatic N) is 5. The van der Waals surface area contributed by atoms with Crippen molar-refractivity contribution < 1.29 is 4.79 Å². The first-order valence-electron chi connectivity index (χ1n) is 12.2. The van der Waals surface area contributed by atoms with Crippen LogP contribution >= 0.6 is 11.6 Å². The van der Waals surface area contributed by atoms with E-state index in [1.54, 1.807) is 24.3 Å². The maximum absolute atomic E-state index is 12.1. The van der Waals surface area contributed by atoms with E-state index in [-0.39, 0.29) is 6.03 Å². The molecule has 2 aliphatic heterocycles. The van der Waals surface area contributed by atoms with Gasteiger partial charge in [-0.15, -0.1) is 0 Å².